The maximum absolute atomic E-state index is 13.2. The number of halogens is 3. The van der Waals surface area contributed by atoms with E-state index < -0.39 is 23.1 Å². The summed E-state index contributed by atoms with van der Waals surface area (Å²) < 4.78 is 46.6. The molecular formula is C22H22F3N3O3. The minimum atomic E-state index is -4.59. The number of aromatic nitrogens is 2. The van der Waals surface area contributed by atoms with Crippen LogP contribution in [0.4, 0.5) is 18.9 Å². The van der Waals surface area contributed by atoms with Crippen molar-refractivity contribution in [1.82, 2.24) is 9.55 Å². The van der Waals surface area contributed by atoms with Gasteiger partial charge < -0.3 is 14.6 Å². The lowest BCUT2D eigenvalue weighted by molar-refractivity contribution is -0.137. The van der Waals surface area contributed by atoms with Gasteiger partial charge in [-0.05, 0) is 50.6 Å². The lowest BCUT2D eigenvalue weighted by atomic mass is 10.1. The fourth-order valence-corrected chi connectivity index (χ4v) is 3.09. The number of alkyl halides is 3. The van der Waals surface area contributed by atoms with Gasteiger partial charge in [0.1, 0.15) is 17.0 Å². The summed E-state index contributed by atoms with van der Waals surface area (Å²) in [6, 6.07) is 6.09. The second-order valence-electron chi connectivity index (χ2n) is 6.99. The lowest BCUT2D eigenvalue weighted by Gasteiger charge is -2.16. The quantitative estimate of drug-likeness (QED) is 0.607. The molecule has 1 aromatic carbocycles. The molecule has 0 bridgehead atoms. The SMILES string of the molecule is CCCOc1ccc(C(F)(F)F)cc1NC(=O)c1cn(CC)c2nc(C)ccc2c1=O. The maximum Gasteiger partial charge on any atom is 0.416 e. The largest absolute Gasteiger partial charge is 0.491 e. The minimum absolute atomic E-state index is 0.0945. The van der Waals surface area contributed by atoms with Crippen molar-refractivity contribution in [3.8, 4) is 5.75 Å². The molecule has 0 fully saturated rings. The van der Waals surface area contributed by atoms with Gasteiger partial charge in [0, 0.05) is 18.4 Å². The fraction of sp³-hybridized carbons (Fsp3) is 0.318. The summed E-state index contributed by atoms with van der Waals surface area (Å²) in [6.45, 7) is 6.18. The van der Waals surface area contributed by atoms with Gasteiger partial charge in [0.15, 0.2) is 0 Å². The third-order valence-electron chi connectivity index (χ3n) is 4.66. The molecule has 1 N–H and O–H groups in total. The van der Waals surface area contributed by atoms with Crippen LogP contribution in [0, 0.1) is 6.92 Å². The van der Waals surface area contributed by atoms with Crippen molar-refractivity contribution in [3.05, 3.63) is 63.6 Å². The predicted octanol–water partition coefficient (Wildman–Crippen LogP) is 4.78. The Morgan fingerprint density at radius 2 is 1.94 bits per heavy atom. The van der Waals surface area contributed by atoms with Crippen LogP contribution in [0.5, 0.6) is 5.75 Å². The van der Waals surface area contributed by atoms with E-state index in [9.17, 15) is 22.8 Å². The predicted molar refractivity (Wildman–Crippen MR) is 112 cm³/mol. The van der Waals surface area contributed by atoms with E-state index in [-0.39, 0.29) is 29.0 Å². The number of carbonyl (C=O) groups excluding carboxylic acids is 1. The number of ether oxygens (including phenoxy) is 1. The summed E-state index contributed by atoms with van der Waals surface area (Å²) in [7, 11) is 0. The molecule has 0 saturated heterocycles. The molecule has 0 aliphatic carbocycles. The number of nitrogens with one attached hydrogen (secondary N) is 1. The molecule has 6 nitrogen and oxygen atoms in total. The van der Waals surface area contributed by atoms with Crippen LogP contribution in [-0.2, 0) is 12.7 Å². The van der Waals surface area contributed by atoms with E-state index >= 15 is 0 Å². The van der Waals surface area contributed by atoms with E-state index in [1.165, 1.54) is 6.20 Å². The van der Waals surface area contributed by atoms with E-state index in [0.717, 1.165) is 18.2 Å². The summed E-state index contributed by atoms with van der Waals surface area (Å²) in [6.07, 6.45) is -2.59. The Labute approximate surface area is 176 Å². The second-order valence-corrected chi connectivity index (χ2v) is 6.99. The number of amides is 1. The number of pyridine rings is 2. The first-order chi connectivity index (χ1) is 14.7. The number of nitrogens with zero attached hydrogens (tertiary/aromatic N) is 2. The van der Waals surface area contributed by atoms with Gasteiger partial charge in [-0.25, -0.2) is 4.98 Å². The van der Waals surface area contributed by atoms with E-state index in [4.69, 9.17) is 4.74 Å². The maximum atomic E-state index is 13.2. The molecular weight excluding hydrogens is 411 g/mol. The third kappa shape index (κ3) is 4.70. The molecule has 3 aromatic rings. The molecule has 0 aliphatic heterocycles. The van der Waals surface area contributed by atoms with Gasteiger partial charge in [0.05, 0.1) is 23.2 Å². The molecule has 0 radical (unpaired) electrons. The zero-order valence-corrected chi connectivity index (χ0v) is 17.3. The Morgan fingerprint density at radius 1 is 1.19 bits per heavy atom. The Balaban J connectivity index is 2.06. The summed E-state index contributed by atoms with van der Waals surface area (Å²) in [4.78, 5) is 30.2. The van der Waals surface area contributed by atoms with Crippen LogP contribution in [0.3, 0.4) is 0 Å². The molecule has 3 rings (SSSR count). The Bertz CT molecular complexity index is 1190. The standard InChI is InChI=1S/C22H22F3N3O3/c1-4-10-31-18-9-7-14(22(23,24)25)11-17(18)27-21(30)16-12-28(5-2)20-15(19(16)29)8-6-13(3)26-20/h6-9,11-12H,4-5,10H2,1-3H3,(H,27,30). The van der Waals surface area contributed by atoms with Crippen LogP contribution < -0.4 is 15.5 Å². The number of aryl methyl sites for hydroxylation is 2. The third-order valence-corrected chi connectivity index (χ3v) is 4.66. The first-order valence-corrected chi connectivity index (χ1v) is 9.81. The Hall–Kier alpha value is -3.36. The van der Waals surface area contributed by atoms with E-state index in [1.54, 1.807) is 23.6 Å². The normalized spacial score (nSPS) is 11.5. The number of anilines is 1. The molecule has 0 atom stereocenters. The highest BCUT2D eigenvalue weighted by Gasteiger charge is 2.31. The fourth-order valence-electron chi connectivity index (χ4n) is 3.09. The van der Waals surface area contributed by atoms with Crippen molar-refractivity contribution >= 4 is 22.6 Å². The van der Waals surface area contributed by atoms with Crippen molar-refractivity contribution < 1.29 is 22.7 Å². The summed E-state index contributed by atoms with van der Waals surface area (Å²) >= 11 is 0. The van der Waals surface area contributed by atoms with Crippen molar-refractivity contribution in [3.63, 3.8) is 0 Å². The van der Waals surface area contributed by atoms with E-state index in [0.29, 0.717) is 24.3 Å². The molecule has 31 heavy (non-hydrogen) atoms. The Kier molecular flexibility index (Phi) is 6.33. The lowest BCUT2D eigenvalue weighted by Crippen LogP contribution is -2.24. The number of benzene rings is 1. The first kappa shape index (κ1) is 22.3. The van der Waals surface area contributed by atoms with Gasteiger partial charge in [0.25, 0.3) is 5.91 Å². The van der Waals surface area contributed by atoms with Gasteiger partial charge in [-0.3, -0.25) is 9.59 Å². The van der Waals surface area contributed by atoms with Crippen LogP contribution >= 0.6 is 0 Å². The monoisotopic (exact) mass is 433 g/mol. The molecule has 0 unspecified atom stereocenters. The molecule has 164 valence electrons. The second kappa shape index (κ2) is 8.79. The average Bonchev–Trinajstić information content (AvgIpc) is 2.72. The Morgan fingerprint density at radius 3 is 2.58 bits per heavy atom. The zero-order chi connectivity index (χ0) is 22.8. The zero-order valence-electron chi connectivity index (χ0n) is 17.3. The molecule has 9 heteroatoms. The van der Waals surface area contributed by atoms with Crippen LogP contribution in [0.2, 0.25) is 0 Å². The van der Waals surface area contributed by atoms with Gasteiger partial charge in [-0.15, -0.1) is 0 Å². The van der Waals surface area contributed by atoms with E-state index in [1.807, 2.05) is 13.8 Å². The summed E-state index contributed by atoms with van der Waals surface area (Å²) in [5.74, 6) is -0.729. The molecule has 0 aliphatic rings. The number of rotatable bonds is 6. The van der Waals surface area contributed by atoms with Crippen LogP contribution in [0.1, 0.15) is 41.9 Å². The van der Waals surface area contributed by atoms with Gasteiger partial charge in [-0.2, -0.15) is 13.2 Å². The first-order valence-electron chi connectivity index (χ1n) is 9.81. The molecule has 0 saturated carbocycles. The van der Waals surface area contributed by atoms with Gasteiger partial charge in [-0.1, -0.05) is 6.92 Å². The van der Waals surface area contributed by atoms with Gasteiger partial charge in [0.2, 0.25) is 5.43 Å². The van der Waals surface area contributed by atoms with Crippen LogP contribution in [0.15, 0.2) is 41.3 Å². The molecule has 0 spiro atoms. The smallest absolute Gasteiger partial charge is 0.416 e. The van der Waals surface area contributed by atoms with Crippen molar-refractivity contribution in [1.29, 1.82) is 0 Å². The highest BCUT2D eigenvalue weighted by Crippen LogP contribution is 2.35. The molecule has 2 heterocycles. The van der Waals surface area contributed by atoms with Crippen molar-refractivity contribution in [2.75, 3.05) is 11.9 Å². The number of hydrogen-bond donors (Lipinski definition) is 1. The summed E-state index contributed by atoms with van der Waals surface area (Å²) in [5, 5.41) is 2.67. The number of fused-ring (bicyclic) bond motifs is 1. The number of hydrogen-bond acceptors (Lipinski definition) is 4. The van der Waals surface area contributed by atoms with Crippen molar-refractivity contribution in [2.45, 2.75) is 39.9 Å². The highest BCUT2D eigenvalue weighted by atomic mass is 19.4. The van der Waals surface area contributed by atoms with E-state index in [2.05, 4.69) is 10.3 Å². The topological polar surface area (TPSA) is 73.2 Å². The van der Waals surface area contributed by atoms with Crippen LogP contribution in [-0.4, -0.2) is 22.1 Å². The molecule has 1 amide bonds. The van der Waals surface area contributed by atoms with Crippen molar-refractivity contribution in [2.24, 2.45) is 0 Å². The van der Waals surface area contributed by atoms with Crippen LogP contribution in [0.25, 0.3) is 11.0 Å². The summed E-state index contributed by atoms with van der Waals surface area (Å²) in [5.41, 5.74) is -0.678. The highest BCUT2D eigenvalue weighted by molar-refractivity contribution is 6.06. The molecule has 2 aromatic heterocycles. The average molecular weight is 433 g/mol. The number of carbonyl (C=O) groups is 1. The minimum Gasteiger partial charge on any atom is -0.491 e. The van der Waals surface area contributed by atoms with Gasteiger partial charge >= 0.3 is 6.18 Å².